The van der Waals surface area contributed by atoms with E-state index < -0.39 is 0 Å². The van der Waals surface area contributed by atoms with E-state index in [2.05, 4.69) is 30.3 Å². The van der Waals surface area contributed by atoms with Crippen molar-refractivity contribution in [3.8, 4) is 0 Å². The average molecular weight is 242 g/mol. The lowest BCUT2D eigenvalue weighted by Crippen LogP contribution is -2.42. The van der Waals surface area contributed by atoms with E-state index in [1.54, 1.807) is 0 Å². The summed E-state index contributed by atoms with van der Waals surface area (Å²) in [5, 5.41) is 3.33. The number of rotatable bonds is 5. The summed E-state index contributed by atoms with van der Waals surface area (Å²) >= 11 is 1.93. The van der Waals surface area contributed by atoms with Crippen LogP contribution >= 0.6 is 11.8 Å². The lowest BCUT2D eigenvalue weighted by Gasteiger charge is -2.29. The van der Waals surface area contributed by atoms with Crippen LogP contribution in [0.4, 0.5) is 0 Å². The first-order chi connectivity index (χ1) is 7.56. The van der Waals surface area contributed by atoms with Crippen molar-refractivity contribution in [2.45, 2.75) is 44.0 Å². The Morgan fingerprint density at radius 3 is 2.75 bits per heavy atom. The van der Waals surface area contributed by atoms with Crippen molar-refractivity contribution < 1.29 is 4.79 Å². The first-order valence-electron chi connectivity index (χ1n) is 6.14. The first kappa shape index (κ1) is 12.2. The molecule has 1 saturated heterocycles. The molecule has 1 unspecified atom stereocenters. The van der Waals surface area contributed by atoms with E-state index in [1.165, 1.54) is 12.8 Å². The predicted molar refractivity (Wildman–Crippen MR) is 68.4 cm³/mol. The molecule has 1 aliphatic heterocycles. The van der Waals surface area contributed by atoms with Gasteiger partial charge in [0.05, 0.1) is 12.7 Å². The highest BCUT2D eigenvalue weighted by Crippen LogP contribution is 2.48. The van der Waals surface area contributed by atoms with Gasteiger partial charge in [0, 0.05) is 11.3 Å². The Bertz CT molecular complexity index is 276. The van der Waals surface area contributed by atoms with E-state index in [0.717, 1.165) is 13.0 Å². The van der Waals surface area contributed by atoms with Gasteiger partial charge >= 0.3 is 0 Å². The van der Waals surface area contributed by atoms with Crippen molar-refractivity contribution in [3.05, 3.63) is 0 Å². The molecular weight excluding hydrogens is 220 g/mol. The van der Waals surface area contributed by atoms with E-state index in [9.17, 15) is 4.79 Å². The number of nitrogens with one attached hydrogen (secondary N) is 1. The third kappa shape index (κ3) is 2.54. The minimum Gasteiger partial charge on any atom is -0.325 e. The molecule has 0 bridgehead atoms. The van der Waals surface area contributed by atoms with Crippen molar-refractivity contribution in [1.29, 1.82) is 0 Å². The van der Waals surface area contributed by atoms with Crippen molar-refractivity contribution in [2.75, 3.05) is 19.3 Å². The van der Waals surface area contributed by atoms with Gasteiger partial charge in [-0.15, -0.1) is 0 Å². The molecule has 1 saturated carbocycles. The van der Waals surface area contributed by atoms with Crippen LogP contribution in [0.15, 0.2) is 0 Å². The quantitative estimate of drug-likeness (QED) is 0.796. The number of amides is 1. The summed E-state index contributed by atoms with van der Waals surface area (Å²) in [4.78, 5) is 13.9. The molecule has 0 aromatic carbocycles. The van der Waals surface area contributed by atoms with Crippen LogP contribution in [-0.2, 0) is 4.79 Å². The summed E-state index contributed by atoms with van der Waals surface area (Å²) in [6.45, 7) is 5.90. The summed E-state index contributed by atoms with van der Waals surface area (Å²) in [5.74, 6) is 0.918. The molecule has 2 fully saturated rings. The minimum atomic E-state index is 0.275. The molecule has 0 aromatic rings. The highest BCUT2D eigenvalue weighted by Gasteiger charge is 2.46. The molecule has 2 aliphatic rings. The molecular formula is C12H22N2OS. The Kier molecular flexibility index (Phi) is 3.50. The van der Waals surface area contributed by atoms with Crippen LogP contribution in [-0.4, -0.2) is 41.1 Å². The van der Waals surface area contributed by atoms with Gasteiger partial charge in [-0.3, -0.25) is 10.1 Å². The minimum absolute atomic E-state index is 0.275. The predicted octanol–water partition coefficient (Wildman–Crippen LogP) is 1.69. The van der Waals surface area contributed by atoms with E-state index >= 15 is 0 Å². The maximum atomic E-state index is 11.8. The summed E-state index contributed by atoms with van der Waals surface area (Å²) in [6, 6.07) is 0. The molecule has 0 radical (unpaired) electrons. The zero-order chi connectivity index (χ0) is 11.8. The molecule has 0 aromatic heterocycles. The molecule has 1 atom stereocenters. The fourth-order valence-corrected chi connectivity index (χ4v) is 3.10. The molecule has 1 heterocycles. The van der Waals surface area contributed by atoms with Gasteiger partial charge in [-0.2, -0.15) is 11.8 Å². The molecule has 4 heteroatoms. The second-order valence-electron chi connectivity index (χ2n) is 5.44. The summed E-state index contributed by atoms with van der Waals surface area (Å²) in [6.07, 6.45) is 6.05. The molecule has 1 N–H and O–H groups in total. The van der Waals surface area contributed by atoms with Crippen molar-refractivity contribution in [2.24, 2.45) is 5.92 Å². The average Bonchev–Trinajstić information content (AvgIpc) is 2.93. The molecule has 2 rings (SSSR count). The fourth-order valence-electron chi connectivity index (χ4n) is 2.32. The number of carbonyl (C=O) groups is 1. The van der Waals surface area contributed by atoms with Crippen LogP contribution in [0.25, 0.3) is 0 Å². The largest absolute Gasteiger partial charge is 0.325 e. The topological polar surface area (TPSA) is 32.3 Å². The Hall–Kier alpha value is -0.220. The first-order valence-corrected chi connectivity index (χ1v) is 7.37. The van der Waals surface area contributed by atoms with Gasteiger partial charge in [-0.1, -0.05) is 13.8 Å². The number of nitrogens with zero attached hydrogens (tertiary/aromatic N) is 1. The van der Waals surface area contributed by atoms with Crippen LogP contribution in [0.1, 0.15) is 33.1 Å². The second-order valence-corrected chi connectivity index (χ2v) is 6.71. The van der Waals surface area contributed by atoms with Crippen LogP contribution in [0, 0.1) is 5.92 Å². The SMILES string of the molecule is CSC1(CN2C(=O)CNC2CC(C)C)CC1. The molecule has 3 nitrogen and oxygen atoms in total. The van der Waals surface area contributed by atoms with Gasteiger partial charge < -0.3 is 4.90 Å². The van der Waals surface area contributed by atoms with E-state index in [0.29, 0.717) is 17.2 Å². The van der Waals surface area contributed by atoms with Crippen LogP contribution < -0.4 is 5.32 Å². The van der Waals surface area contributed by atoms with E-state index in [1.807, 2.05) is 11.8 Å². The molecule has 1 amide bonds. The number of hydrogen-bond donors (Lipinski definition) is 1. The number of carbonyl (C=O) groups excluding carboxylic acids is 1. The highest BCUT2D eigenvalue weighted by molar-refractivity contribution is 8.00. The van der Waals surface area contributed by atoms with Gasteiger partial charge in [-0.25, -0.2) is 0 Å². The van der Waals surface area contributed by atoms with Gasteiger partial charge in [0.25, 0.3) is 0 Å². The molecule has 16 heavy (non-hydrogen) atoms. The lowest BCUT2D eigenvalue weighted by atomic mass is 10.1. The fraction of sp³-hybridized carbons (Fsp3) is 0.917. The molecule has 92 valence electrons. The van der Waals surface area contributed by atoms with Gasteiger partial charge in [0.2, 0.25) is 5.91 Å². The standard InChI is InChI=1S/C12H22N2OS/c1-9(2)6-10-13-7-11(15)14(10)8-12(16-3)4-5-12/h9-10,13H,4-8H2,1-3H3. The summed E-state index contributed by atoms with van der Waals surface area (Å²) in [5.41, 5.74) is 0. The van der Waals surface area contributed by atoms with Gasteiger partial charge in [0.1, 0.15) is 0 Å². The van der Waals surface area contributed by atoms with Crippen molar-refractivity contribution in [1.82, 2.24) is 10.2 Å². The van der Waals surface area contributed by atoms with Gasteiger partial charge in [0.15, 0.2) is 0 Å². The zero-order valence-corrected chi connectivity index (χ0v) is 11.3. The highest BCUT2D eigenvalue weighted by atomic mass is 32.2. The Morgan fingerprint density at radius 2 is 2.25 bits per heavy atom. The second kappa shape index (κ2) is 4.57. The third-order valence-corrected chi connectivity index (χ3v) is 4.98. The Balaban J connectivity index is 1.96. The number of thioether (sulfide) groups is 1. The Labute approximate surface area is 102 Å². The van der Waals surface area contributed by atoms with E-state index in [4.69, 9.17) is 0 Å². The van der Waals surface area contributed by atoms with Gasteiger partial charge in [-0.05, 0) is 31.4 Å². The van der Waals surface area contributed by atoms with Crippen LogP contribution in [0.3, 0.4) is 0 Å². The lowest BCUT2D eigenvalue weighted by molar-refractivity contribution is -0.128. The smallest absolute Gasteiger partial charge is 0.237 e. The van der Waals surface area contributed by atoms with Crippen molar-refractivity contribution in [3.63, 3.8) is 0 Å². The zero-order valence-electron chi connectivity index (χ0n) is 10.5. The van der Waals surface area contributed by atoms with Crippen LogP contribution in [0.5, 0.6) is 0 Å². The monoisotopic (exact) mass is 242 g/mol. The maximum absolute atomic E-state index is 11.8. The normalized spacial score (nSPS) is 27.9. The third-order valence-electron chi connectivity index (χ3n) is 3.58. The van der Waals surface area contributed by atoms with Crippen molar-refractivity contribution >= 4 is 17.7 Å². The number of hydrogen-bond acceptors (Lipinski definition) is 3. The molecule has 0 spiro atoms. The summed E-state index contributed by atoms with van der Waals surface area (Å²) < 4.78 is 0.386. The van der Waals surface area contributed by atoms with Crippen LogP contribution in [0.2, 0.25) is 0 Å². The van der Waals surface area contributed by atoms with E-state index in [-0.39, 0.29) is 12.1 Å². The maximum Gasteiger partial charge on any atom is 0.237 e. The Morgan fingerprint density at radius 1 is 1.56 bits per heavy atom. The molecule has 1 aliphatic carbocycles. The summed E-state index contributed by atoms with van der Waals surface area (Å²) in [7, 11) is 0.